The first-order chi connectivity index (χ1) is 12.1. The number of hydrogen-bond acceptors (Lipinski definition) is 3. The van der Waals surface area contributed by atoms with Gasteiger partial charge in [0.2, 0.25) is 5.91 Å². The highest BCUT2D eigenvalue weighted by atomic mass is 35.5. The van der Waals surface area contributed by atoms with Gasteiger partial charge in [-0.15, -0.1) is 11.6 Å². The topological polar surface area (TPSA) is 38.8 Å². The molecule has 0 fully saturated rings. The summed E-state index contributed by atoms with van der Waals surface area (Å²) in [6, 6.07) is 15.7. The molecule has 1 amide bonds. The van der Waals surface area contributed by atoms with Crippen LogP contribution in [0.4, 0.5) is 0 Å². The molecule has 0 spiro atoms. The Bertz CT molecular complexity index is 691. The smallest absolute Gasteiger partial charge is 0.238 e. The maximum Gasteiger partial charge on any atom is 0.238 e. The maximum atomic E-state index is 12.3. The molecule has 5 heteroatoms. The first-order valence-electron chi connectivity index (χ1n) is 8.22. The van der Waals surface area contributed by atoms with E-state index < -0.39 is 0 Å². The number of halogens is 1. The summed E-state index contributed by atoms with van der Waals surface area (Å²) in [7, 11) is 3.22. The third kappa shape index (κ3) is 4.89. The van der Waals surface area contributed by atoms with Crippen LogP contribution in [0.15, 0.2) is 48.5 Å². The van der Waals surface area contributed by atoms with Gasteiger partial charge >= 0.3 is 0 Å². The Kier molecular flexibility index (Phi) is 7.14. The van der Waals surface area contributed by atoms with E-state index in [-0.39, 0.29) is 17.8 Å². The third-order valence-corrected chi connectivity index (χ3v) is 4.50. The molecule has 0 aliphatic heterocycles. The SMILES string of the molecule is COc1ccc(CCN(C(=O)CCl)[C@@H](C)c2ccccc2)cc1OC. The van der Waals surface area contributed by atoms with E-state index in [1.54, 1.807) is 14.2 Å². The number of amides is 1. The van der Waals surface area contributed by atoms with Gasteiger partial charge in [-0.3, -0.25) is 4.79 Å². The summed E-state index contributed by atoms with van der Waals surface area (Å²) in [4.78, 5) is 14.1. The van der Waals surface area contributed by atoms with Crippen molar-refractivity contribution >= 4 is 17.5 Å². The number of nitrogens with zero attached hydrogens (tertiary/aromatic N) is 1. The van der Waals surface area contributed by atoms with E-state index in [0.29, 0.717) is 24.5 Å². The van der Waals surface area contributed by atoms with Crippen molar-refractivity contribution in [3.05, 3.63) is 59.7 Å². The molecule has 0 aliphatic rings. The molecular weight excluding hydrogens is 338 g/mol. The first-order valence-corrected chi connectivity index (χ1v) is 8.75. The fourth-order valence-corrected chi connectivity index (χ4v) is 2.96. The lowest BCUT2D eigenvalue weighted by atomic mass is 10.1. The summed E-state index contributed by atoms with van der Waals surface area (Å²) >= 11 is 5.82. The minimum atomic E-state index is -0.0708. The van der Waals surface area contributed by atoms with Crippen LogP contribution < -0.4 is 9.47 Å². The molecule has 1 atom stereocenters. The van der Waals surface area contributed by atoms with Crippen molar-refractivity contribution in [3.63, 3.8) is 0 Å². The van der Waals surface area contributed by atoms with Crippen molar-refractivity contribution in [1.29, 1.82) is 0 Å². The molecule has 0 bridgehead atoms. The monoisotopic (exact) mass is 361 g/mol. The highest BCUT2D eigenvalue weighted by molar-refractivity contribution is 6.27. The zero-order chi connectivity index (χ0) is 18.2. The molecular formula is C20H24ClNO3. The van der Waals surface area contributed by atoms with E-state index in [1.165, 1.54) is 0 Å². The molecule has 2 aromatic carbocycles. The number of alkyl halides is 1. The average Bonchev–Trinajstić information content (AvgIpc) is 2.68. The van der Waals surface area contributed by atoms with Crippen LogP contribution in [-0.4, -0.2) is 37.5 Å². The number of rotatable bonds is 8. The quantitative estimate of drug-likeness (QED) is 0.665. The van der Waals surface area contributed by atoms with Crippen LogP contribution >= 0.6 is 11.6 Å². The van der Waals surface area contributed by atoms with Gasteiger partial charge in [-0.1, -0.05) is 36.4 Å². The Morgan fingerprint density at radius 3 is 2.36 bits per heavy atom. The van der Waals surface area contributed by atoms with Crippen molar-refractivity contribution in [2.24, 2.45) is 0 Å². The van der Waals surface area contributed by atoms with Crippen molar-refractivity contribution < 1.29 is 14.3 Å². The number of hydrogen-bond donors (Lipinski definition) is 0. The number of methoxy groups -OCH3 is 2. The van der Waals surface area contributed by atoms with Gasteiger partial charge in [0, 0.05) is 6.54 Å². The molecule has 0 aliphatic carbocycles. The van der Waals surface area contributed by atoms with E-state index in [4.69, 9.17) is 21.1 Å². The van der Waals surface area contributed by atoms with Crippen LogP contribution in [-0.2, 0) is 11.2 Å². The highest BCUT2D eigenvalue weighted by Crippen LogP contribution is 2.28. The van der Waals surface area contributed by atoms with Gasteiger partial charge in [-0.25, -0.2) is 0 Å². The number of ether oxygens (including phenoxy) is 2. The van der Waals surface area contributed by atoms with Crippen LogP contribution in [0.1, 0.15) is 24.1 Å². The van der Waals surface area contributed by atoms with E-state index in [9.17, 15) is 4.79 Å². The van der Waals surface area contributed by atoms with Gasteiger partial charge in [-0.05, 0) is 36.6 Å². The number of benzene rings is 2. The van der Waals surface area contributed by atoms with Gasteiger partial charge < -0.3 is 14.4 Å². The summed E-state index contributed by atoms with van der Waals surface area (Å²) in [5.74, 6) is 1.28. The lowest BCUT2D eigenvalue weighted by Crippen LogP contribution is -2.36. The van der Waals surface area contributed by atoms with Crippen LogP contribution in [0.5, 0.6) is 11.5 Å². The summed E-state index contributed by atoms with van der Waals surface area (Å²) < 4.78 is 10.6. The minimum Gasteiger partial charge on any atom is -0.493 e. The molecule has 0 aromatic heterocycles. The molecule has 4 nitrogen and oxygen atoms in total. The Morgan fingerprint density at radius 1 is 1.08 bits per heavy atom. The van der Waals surface area contributed by atoms with Crippen molar-refractivity contribution in [1.82, 2.24) is 4.90 Å². The number of carbonyl (C=O) groups is 1. The largest absolute Gasteiger partial charge is 0.493 e. The molecule has 25 heavy (non-hydrogen) atoms. The van der Waals surface area contributed by atoms with E-state index in [0.717, 1.165) is 11.1 Å². The molecule has 2 aromatic rings. The van der Waals surface area contributed by atoms with Crippen molar-refractivity contribution in [2.75, 3.05) is 26.6 Å². The lowest BCUT2D eigenvalue weighted by molar-refractivity contribution is -0.130. The van der Waals surface area contributed by atoms with Crippen molar-refractivity contribution in [2.45, 2.75) is 19.4 Å². The van der Waals surface area contributed by atoms with Gasteiger partial charge in [0.1, 0.15) is 5.88 Å². The average molecular weight is 362 g/mol. The number of carbonyl (C=O) groups excluding carboxylic acids is 1. The highest BCUT2D eigenvalue weighted by Gasteiger charge is 2.20. The predicted molar refractivity (Wildman–Crippen MR) is 101 cm³/mol. The summed E-state index contributed by atoms with van der Waals surface area (Å²) in [6.07, 6.45) is 0.708. The van der Waals surface area contributed by atoms with Gasteiger partial charge in [-0.2, -0.15) is 0 Å². The van der Waals surface area contributed by atoms with Crippen LogP contribution in [0, 0.1) is 0 Å². The Morgan fingerprint density at radius 2 is 1.76 bits per heavy atom. The van der Waals surface area contributed by atoms with Crippen LogP contribution in [0.3, 0.4) is 0 Å². The Balaban J connectivity index is 2.14. The third-order valence-electron chi connectivity index (χ3n) is 4.27. The van der Waals surface area contributed by atoms with Crippen LogP contribution in [0.2, 0.25) is 0 Å². The lowest BCUT2D eigenvalue weighted by Gasteiger charge is -2.29. The molecule has 0 radical (unpaired) electrons. The second-order valence-electron chi connectivity index (χ2n) is 5.75. The first kappa shape index (κ1) is 19.1. The summed E-state index contributed by atoms with van der Waals surface area (Å²) in [6.45, 7) is 2.60. The Labute approximate surface area is 154 Å². The molecule has 0 N–H and O–H groups in total. The van der Waals surface area contributed by atoms with Gasteiger partial charge in [0.15, 0.2) is 11.5 Å². The molecule has 2 rings (SSSR count). The summed E-state index contributed by atoms with van der Waals surface area (Å²) in [5.41, 5.74) is 2.17. The predicted octanol–water partition coefficient (Wildman–Crippen LogP) is 4.07. The zero-order valence-electron chi connectivity index (χ0n) is 14.9. The molecule has 0 saturated heterocycles. The minimum absolute atomic E-state index is 0.0247. The fourth-order valence-electron chi connectivity index (χ4n) is 2.81. The Hall–Kier alpha value is -2.20. The van der Waals surface area contributed by atoms with Crippen molar-refractivity contribution in [3.8, 4) is 11.5 Å². The maximum absolute atomic E-state index is 12.3. The second-order valence-corrected chi connectivity index (χ2v) is 6.01. The molecule has 0 heterocycles. The normalized spacial score (nSPS) is 11.7. The second kappa shape index (κ2) is 9.33. The van der Waals surface area contributed by atoms with E-state index in [1.807, 2.05) is 60.4 Å². The van der Waals surface area contributed by atoms with Crippen LogP contribution in [0.25, 0.3) is 0 Å². The fraction of sp³-hybridized carbons (Fsp3) is 0.350. The van der Waals surface area contributed by atoms with Gasteiger partial charge in [0.25, 0.3) is 0 Å². The standard InChI is InChI=1S/C20H24ClNO3/c1-15(17-7-5-4-6-8-17)22(20(23)14-21)12-11-16-9-10-18(24-2)19(13-16)25-3/h4-10,13,15H,11-12,14H2,1-3H3/t15-/m0/s1. The van der Waals surface area contributed by atoms with Gasteiger partial charge in [0.05, 0.1) is 20.3 Å². The molecule has 0 saturated carbocycles. The molecule has 134 valence electrons. The summed E-state index contributed by atoms with van der Waals surface area (Å²) in [5, 5.41) is 0. The molecule has 0 unspecified atom stereocenters. The van der Waals surface area contributed by atoms with E-state index in [2.05, 4.69) is 0 Å². The zero-order valence-corrected chi connectivity index (χ0v) is 15.6. The van der Waals surface area contributed by atoms with E-state index >= 15 is 0 Å².